The van der Waals surface area contributed by atoms with Gasteiger partial charge in [-0.05, 0) is 17.7 Å². The van der Waals surface area contributed by atoms with Gasteiger partial charge in [-0.2, -0.15) is 5.26 Å². The Morgan fingerprint density at radius 3 is 2.33 bits per heavy atom. The van der Waals surface area contributed by atoms with Crippen LogP contribution in [0.2, 0.25) is 0 Å². The third kappa shape index (κ3) is 2.87. The summed E-state index contributed by atoms with van der Waals surface area (Å²) in [5.74, 6) is 0. The van der Waals surface area contributed by atoms with Crippen molar-refractivity contribution in [2.24, 2.45) is 0 Å². The van der Waals surface area contributed by atoms with E-state index in [1.54, 1.807) is 0 Å². The maximum atomic E-state index is 9.03. The highest BCUT2D eigenvalue weighted by molar-refractivity contribution is 6.22. The van der Waals surface area contributed by atoms with Gasteiger partial charge in [0.15, 0.2) is 0 Å². The van der Waals surface area contributed by atoms with Crippen LogP contribution in [0.4, 0.5) is 5.69 Å². The van der Waals surface area contributed by atoms with Gasteiger partial charge in [0.2, 0.25) is 0 Å². The summed E-state index contributed by atoms with van der Waals surface area (Å²) in [5, 5.41) is 10.2. The first-order valence-electron chi connectivity index (χ1n) is 6.89. The fraction of sp³-hybridized carbons (Fsp3) is 0.235. The number of hydrogen-bond acceptors (Lipinski definition) is 3. The summed E-state index contributed by atoms with van der Waals surface area (Å²) in [4.78, 5) is 5.95. The minimum absolute atomic E-state index is 0.0631. The van der Waals surface area contributed by atoms with Crippen LogP contribution in [0.25, 0.3) is 0 Å². The molecule has 0 saturated carbocycles. The Labute approximate surface area is 129 Å². The lowest BCUT2D eigenvalue weighted by Crippen LogP contribution is -2.24. The standard InChI is InChI=1S/C17H15ClN2O/c18-15(12-19)17-11-16(13-7-3-1-4-8-13)20(21-17)14-9-5-2-6-10-14/h1-10,15-17H,11H2. The molecule has 3 atom stereocenters. The zero-order valence-corrected chi connectivity index (χ0v) is 12.1. The van der Waals surface area contributed by atoms with Crippen molar-refractivity contribution in [3.8, 4) is 6.07 Å². The molecular formula is C17H15ClN2O. The topological polar surface area (TPSA) is 36.3 Å². The van der Waals surface area contributed by atoms with Gasteiger partial charge < -0.3 is 0 Å². The molecule has 1 aliphatic rings. The van der Waals surface area contributed by atoms with E-state index in [-0.39, 0.29) is 12.1 Å². The molecule has 0 N–H and O–H groups in total. The van der Waals surface area contributed by atoms with Gasteiger partial charge in [0.05, 0.1) is 17.8 Å². The number of nitrogens with zero attached hydrogens (tertiary/aromatic N) is 2. The van der Waals surface area contributed by atoms with Crippen molar-refractivity contribution in [3.05, 3.63) is 66.2 Å². The van der Waals surface area contributed by atoms with Crippen LogP contribution in [0.15, 0.2) is 60.7 Å². The van der Waals surface area contributed by atoms with Gasteiger partial charge in [-0.15, -0.1) is 11.6 Å². The maximum Gasteiger partial charge on any atom is 0.149 e. The highest BCUT2D eigenvalue weighted by Gasteiger charge is 2.38. The Kier molecular flexibility index (Phi) is 4.10. The van der Waals surface area contributed by atoms with E-state index in [1.165, 1.54) is 0 Å². The molecule has 0 radical (unpaired) electrons. The SMILES string of the molecule is N#CC(Cl)C1CC(c2ccccc2)N(c2ccccc2)O1. The van der Waals surface area contributed by atoms with Crippen LogP contribution in [0.5, 0.6) is 0 Å². The van der Waals surface area contributed by atoms with Gasteiger partial charge in [-0.25, -0.2) is 5.06 Å². The van der Waals surface area contributed by atoms with Crippen molar-refractivity contribution < 1.29 is 4.84 Å². The van der Waals surface area contributed by atoms with Crippen LogP contribution < -0.4 is 5.06 Å². The van der Waals surface area contributed by atoms with E-state index in [0.717, 1.165) is 11.3 Å². The molecule has 1 heterocycles. The number of halogens is 1. The quantitative estimate of drug-likeness (QED) is 0.801. The molecular weight excluding hydrogens is 284 g/mol. The van der Waals surface area contributed by atoms with Gasteiger partial charge in [-0.1, -0.05) is 48.5 Å². The lowest BCUT2D eigenvalue weighted by atomic mass is 10.00. The third-order valence-electron chi connectivity index (χ3n) is 3.63. The molecule has 4 heteroatoms. The average Bonchev–Trinajstić information content (AvgIpc) is 3.01. The number of hydroxylamine groups is 1. The second kappa shape index (κ2) is 6.17. The lowest BCUT2D eigenvalue weighted by molar-refractivity contribution is 0.0887. The molecule has 1 fully saturated rings. The van der Waals surface area contributed by atoms with E-state index in [4.69, 9.17) is 21.7 Å². The van der Waals surface area contributed by atoms with Crippen molar-refractivity contribution in [1.29, 1.82) is 5.26 Å². The van der Waals surface area contributed by atoms with E-state index < -0.39 is 5.38 Å². The molecule has 0 bridgehead atoms. The molecule has 0 aliphatic carbocycles. The van der Waals surface area contributed by atoms with Crippen molar-refractivity contribution in [2.45, 2.75) is 23.9 Å². The number of anilines is 1. The summed E-state index contributed by atoms with van der Waals surface area (Å²) in [5.41, 5.74) is 2.13. The van der Waals surface area contributed by atoms with E-state index in [9.17, 15) is 0 Å². The number of para-hydroxylation sites is 1. The fourth-order valence-electron chi connectivity index (χ4n) is 2.60. The van der Waals surface area contributed by atoms with Crippen LogP contribution in [-0.4, -0.2) is 11.5 Å². The van der Waals surface area contributed by atoms with Crippen molar-refractivity contribution in [1.82, 2.24) is 0 Å². The minimum atomic E-state index is -0.648. The summed E-state index contributed by atoms with van der Waals surface area (Å²) in [6, 6.07) is 22.2. The molecule has 0 spiro atoms. The highest BCUT2D eigenvalue weighted by Crippen LogP contribution is 2.39. The fourth-order valence-corrected chi connectivity index (χ4v) is 2.75. The molecule has 106 valence electrons. The number of hydrogen-bond donors (Lipinski definition) is 0. The second-order valence-electron chi connectivity index (χ2n) is 5.00. The molecule has 0 aromatic heterocycles. The molecule has 0 amide bonds. The van der Waals surface area contributed by atoms with Crippen LogP contribution >= 0.6 is 11.6 Å². The Morgan fingerprint density at radius 2 is 1.71 bits per heavy atom. The number of alkyl halides is 1. The first kappa shape index (κ1) is 13.9. The molecule has 2 aromatic carbocycles. The van der Waals surface area contributed by atoms with E-state index in [2.05, 4.69) is 18.2 Å². The average molecular weight is 299 g/mol. The highest BCUT2D eigenvalue weighted by atomic mass is 35.5. The van der Waals surface area contributed by atoms with Gasteiger partial charge in [0.25, 0.3) is 0 Å². The largest absolute Gasteiger partial charge is 0.267 e. The summed E-state index contributed by atoms with van der Waals surface area (Å²) in [6.07, 6.45) is 0.391. The molecule has 21 heavy (non-hydrogen) atoms. The van der Waals surface area contributed by atoms with Gasteiger partial charge >= 0.3 is 0 Å². The second-order valence-corrected chi connectivity index (χ2v) is 5.47. The van der Waals surface area contributed by atoms with E-state index in [0.29, 0.717) is 6.42 Å². The predicted octanol–water partition coefficient (Wildman–Crippen LogP) is 4.07. The number of rotatable bonds is 3. The smallest absolute Gasteiger partial charge is 0.149 e. The molecule has 1 saturated heterocycles. The van der Waals surface area contributed by atoms with Crippen molar-refractivity contribution in [2.75, 3.05) is 5.06 Å². The molecule has 3 nitrogen and oxygen atoms in total. The summed E-state index contributed by atoms with van der Waals surface area (Å²) in [6.45, 7) is 0. The first-order valence-corrected chi connectivity index (χ1v) is 7.33. The number of nitriles is 1. The Bertz CT molecular complexity index is 579. The molecule has 3 unspecified atom stereocenters. The third-order valence-corrected chi connectivity index (χ3v) is 4.01. The van der Waals surface area contributed by atoms with Crippen LogP contribution in [-0.2, 0) is 4.84 Å². The van der Waals surface area contributed by atoms with E-state index in [1.807, 2.05) is 53.6 Å². The predicted molar refractivity (Wildman–Crippen MR) is 82.8 cm³/mol. The zero-order valence-electron chi connectivity index (χ0n) is 11.4. The molecule has 1 aliphatic heterocycles. The Morgan fingerprint density at radius 1 is 1.10 bits per heavy atom. The number of benzene rings is 2. The Hall–Kier alpha value is -2.02. The summed E-state index contributed by atoms with van der Waals surface area (Å²) >= 11 is 6.06. The Balaban J connectivity index is 1.93. The van der Waals surface area contributed by atoms with Crippen LogP contribution in [0.3, 0.4) is 0 Å². The maximum absolute atomic E-state index is 9.03. The first-order chi connectivity index (χ1) is 10.3. The zero-order chi connectivity index (χ0) is 14.7. The van der Waals surface area contributed by atoms with Gasteiger partial charge in [0, 0.05) is 6.42 Å². The molecule has 2 aromatic rings. The van der Waals surface area contributed by atoms with E-state index >= 15 is 0 Å². The normalized spacial score (nSPS) is 22.8. The lowest BCUT2D eigenvalue weighted by Gasteiger charge is -2.25. The van der Waals surface area contributed by atoms with Crippen LogP contribution in [0.1, 0.15) is 18.0 Å². The monoisotopic (exact) mass is 298 g/mol. The van der Waals surface area contributed by atoms with Crippen LogP contribution in [0, 0.1) is 11.3 Å². The van der Waals surface area contributed by atoms with Crippen molar-refractivity contribution >= 4 is 17.3 Å². The van der Waals surface area contributed by atoms with Gasteiger partial charge in [0.1, 0.15) is 11.5 Å². The summed E-state index contributed by atoms with van der Waals surface area (Å²) in [7, 11) is 0. The minimum Gasteiger partial charge on any atom is -0.267 e. The summed E-state index contributed by atoms with van der Waals surface area (Å²) < 4.78 is 0. The molecule has 3 rings (SSSR count). The van der Waals surface area contributed by atoms with Gasteiger partial charge in [-0.3, -0.25) is 4.84 Å². The van der Waals surface area contributed by atoms with Crippen molar-refractivity contribution in [3.63, 3.8) is 0 Å².